The molecule has 0 unspecified atom stereocenters. The van der Waals surface area contributed by atoms with Gasteiger partial charge in [0, 0.05) is 31.4 Å². The third-order valence-electron chi connectivity index (χ3n) is 5.13. The van der Waals surface area contributed by atoms with Crippen molar-refractivity contribution in [3.05, 3.63) is 47.9 Å². The van der Waals surface area contributed by atoms with Gasteiger partial charge in [-0.3, -0.25) is 10.1 Å². The van der Waals surface area contributed by atoms with Gasteiger partial charge in [0.2, 0.25) is 5.88 Å². The topological polar surface area (TPSA) is 82.6 Å². The van der Waals surface area contributed by atoms with Gasteiger partial charge in [-0.05, 0) is 36.0 Å². The predicted molar refractivity (Wildman–Crippen MR) is 112 cm³/mol. The van der Waals surface area contributed by atoms with E-state index >= 15 is 0 Å². The van der Waals surface area contributed by atoms with Crippen molar-refractivity contribution in [1.82, 2.24) is 9.97 Å². The van der Waals surface area contributed by atoms with Crippen molar-refractivity contribution in [2.24, 2.45) is 0 Å². The lowest BCUT2D eigenvalue weighted by Gasteiger charge is -2.22. The Kier molecular flexibility index (Phi) is 5.64. The van der Waals surface area contributed by atoms with E-state index in [9.17, 15) is 4.79 Å². The number of aromatic nitrogens is 2. The van der Waals surface area contributed by atoms with Gasteiger partial charge in [0.15, 0.2) is 5.13 Å². The van der Waals surface area contributed by atoms with Gasteiger partial charge in [-0.25, -0.2) is 9.97 Å². The highest BCUT2D eigenvalue weighted by Gasteiger charge is 2.23. The first-order chi connectivity index (χ1) is 14.1. The second-order valence-electron chi connectivity index (χ2n) is 6.98. The van der Waals surface area contributed by atoms with Crippen molar-refractivity contribution in [3.8, 4) is 5.88 Å². The van der Waals surface area contributed by atoms with Gasteiger partial charge in [0.05, 0.1) is 18.4 Å². The number of pyridine rings is 1. The van der Waals surface area contributed by atoms with Crippen LogP contribution >= 0.6 is 11.3 Å². The molecule has 2 saturated heterocycles. The molecule has 0 radical (unpaired) electrons. The molecule has 1 amide bonds. The van der Waals surface area contributed by atoms with Crippen LogP contribution in [0, 0.1) is 0 Å². The van der Waals surface area contributed by atoms with E-state index in [0.717, 1.165) is 48.3 Å². The average Bonchev–Trinajstić information content (AvgIpc) is 3.33. The second kappa shape index (κ2) is 8.34. The van der Waals surface area contributed by atoms with Gasteiger partial charge in [0.25, 0.3) is 5.91 Å². The normalized spacial score (nSPS) is 18.8. The van der Waals surface area contributed by atoms with E-state index in [-0.39, 0.29) is 5.91 Å². The fraction of sp³-hybridized carbons (Fsp3) is 0.381. The van der Waals surface area contributed by atoms with E-state index in [1.54, 1.807) is 13.2 Å². The van der Waals surface area contributed by atoms with Crippen molar-refractivity contribution in [1.29, 1.82) is 0 Å². The molecule has 0 saturated carbocycles. The van der Waals surface area contributed by atoms with E-state index in [1.165, 1.54) is 11.3 Å². The number of ether oxygens (including phenoxy) is 3. The Hall–Kier alpha value is -2.71. The van der Waals surface area contributed by atoms with Crippen LogP contribution < -0.4 is 10.1 Å². The molecule has 8 heteroatoms. The average molecular weight is 413 g/mol. The van der Waals surface area contributed by atoms with E-state index in [1.807, 2.05) is 6.20 Å². The number of hydrogen-bond donors (Lipinski definition) is 1. The van der Waals surface area contributed by atoms with Gasteiger partial charge < -0.3 is 14.2 Å². The number of methoxy groups -OCH3 is 1. The van der Waals surface area contributed by atoms with Crippen LogP contribution in [0.4, 0.5) is 5.13 Å². The quantitative estimate of drug-likeness (QED) is 0.748. The second-order valence-corrected chi connectivity index (χ2v) is 7.98. The van der Waals surface area contributed by atoms with Crippen LogP contribution in [0.25, 0.3) is 10.2 Å². The highest BCUT2D eigenvalue weighted by Crippen LogP contribution is 2.39. The number of carbonyl (C=O) groups is 1. The minimum atomic E-state index is -0.309. The molecule has 2 fully saturated rings. The van der Waals surface area contributed by atoms with Crippen LogP contribution in [-0.2, 0) is 14.3 Å². The number of fused-ring (bicyclic) bond motifs is 1. The Balaban J connectivity index is 1.60. The van der Waals surface area contributed by atoms with Crippen molar-refractivity contribution < 1.29 is 19.0 Å². The predicted octanol–water partition coefficient (Wildman–Crippen LogP) is 3.95. The molecule has 2 aromatic heterocycles. The van der Waals surface area contributed by atoms with Crippen molar-refractivity contribution in [2.75, 3.05) is 32.2 Å². The molecule has 152 valence electrons. The largest absolute Gasteiger partial charge is 0.494 e. The summed E-state index contributed by atoms with van der Waals surface area (Å²) >= 11 is 1.43. The number of nitrogens with one attached hydrogen (secondary N) is 1. The van der Waals surface area contributed by atoms with Crippen LogP contribution in [0.5, 0.6) is 5.88 Å². The van der Waals surface area contributed by atoms with Crippen LogP contribution in [0.2, 0.25) is 0 Å². The number of hydrogen-bond acceptors (Lipinski definition) is 7. The van der Waals surface area contributed by atoms with Gasteiger partial charge >= 0.3 is 0 Å². The molecule has 4 heterocycles. The summed E-state index contributed by atoms with van der Waals surface area (Å²) in [6, 6.07) is 0. The third-order valence-corrected chi connectivity index (χ3v) is 6.15. The molecular formula is C21H23N3O4S. The Morgan fingerprint density at radius 2 is 2.17 bits per heavy atom. The summed E-state index contributed by atoms with van der Waals surface area (Å²) in [5, 5.41) is 3.34. The van der Waals surface area contributed by atoms with Gasteiger partial charge in [-0.2, -0.15) is 0 Å². The van der Waals surface area contributed by atoms with Gasteiger partial charge in [0.1, 0.15) is 11.3 Å². The lowest BCUT2D eigenvalue weighted by molar-refractivity contribution is -0.112. The minimum Gasteiger partial charge on any atom is -0.494 e. The number of nitrogens with zero attached hydrogens (tertiary/aromatic N) is 2. The summed E-state index contributed by atoms with van der Waals surface area (Å²) < 4.78 is 17.2. The maximum atomic E-state index is 12.6. The molecule has 4 rings (SSSR count). The number of anilines is 1. The number of amides is 1. The fourth-order valence-electron chi connectivity index (χ4n) is 3.53. The Labute approximate surface area is 173 Å². The third kappa shape index (κ3) is 4.04. The van der Waals surface area contributed by atoms with Gasteiger partial charge in [-0.1, -0.05) is 24.5 Å². The first-order valence-electron chi connectivity index (χ1n) is 9.51. The first kappa shape index (κ1) is 19.6. The minimum absolute atomic E-state index is 0.309. The van der Waals surface area contributed by atoms with Crippen LogP contribution in [-0.4, -0.2) is 42.8 Å². The van der Waals surface area contributed by atoms with Crippen molar-refractivity contribution in [2.45, 2.75) is 25.2 Å². The Morgan fingerprint density at radius 1 is 1.38 bits per heavy atom. The molecule has 0 atom stereocenters. The SMILES string of the molecule is C=C(/C=C1/CCOC1=C)C(=O)Nc1nc2c(OC)ncc(C3CCOCC3)c2s1. The summed E-state index contributed by atoms with van der Waals surface area (Å²) in [7, 11) is 1.57. The molecule has 1 N–H and O–H groups in total. The zero-order valence-corrected chi connectivity index (χ0v) is 17.1. The molecule has 0 spiro atoms. The molecule has 0 aliphatic carbocycles. The van der Waals surface area contributed by atoms with Crippen LogP contribution in [0.15, 0.2) is 42.3 Å². The molecule has 0 bridgehead atoms. The van der Waals surface area contributed by atoms with Crippen molar-refractivity contribution >= 4 is 32.6 Å². The summed E-state index contributed by atoms with van der Waals surface area (Å²) in [6.45, 7) is 9.76. The number of allylic oxidation sites excluding steroid dienone is 1. The maximum Gasteiger partial charge on any atom is 0.256 e. The van der Waals surface area contributed by atoms with E-state index in [4.69, 9.17) is 14.2 Å². The van der Waals surface area contributed by atoms with E-state index < -0.39 is 0 Å². The number of rotatable bonds is 5. The lowest BCUT2D eigenvalue weighted by atomic mass is 9.93. The zero-order chi connectivity index (χ0) is 20.4. The summed E-state index contributed by atoms with van der Waals surface area (Å²) in [4.78, 5) is 21.6. The Bertz CT molecular complexity index is 1000. The molecular weight excluding hydrogens is 390 g/mol. The zero-order valence-electron chi connectivity index (χ0n) is 16.3. The Morgan fingerprint density at radius 3 is 2.86 bits per heavy atom. The number of thiazole rings is 1. The summed E-state index contributed by atoms with van der Waals surface area (Å²) in [5.41, 5.74) is 3.02. The van der Waals surface area contributed by atoms with Gasteiger partial charge in [-0.15, -0.1) is 0 Å². The van der Waals surface area contributed by atoms with E-state index in [2.05, 4.69) is 28.4 Å². The lowest BCUT2D eigenvalue weighted by Crippen LogP contribution is -2.14. The molecule has 29 heavy (non-hydrogen) atoms. The molecule has 2 aromatic rings. The molecule has 2 aliphatic heterocycles. The number of carbonyl (C=O) groups excluding carboxylic acids is 1. The highest BCUT2D eigenvalue weighted by atomic mass is 32.1. The first-order valence-corrected chi connectivity index (χ1v) is 10.3. The van der Waals surface area contributed by atoms with E-state index in [0.29, 0.717) is 40.4 Å². The van der Waals surface area contributed by atoms with Crippen molar-refractivity contribution in [3.63, 3.8) is 0 Å². The molecule has 2 aliphatic rings. The summed E-state index contributed by atoms with van der Waals surface area (Å²) in [6.07, 6.45) is 6.19. The monoisotopic (exact) mass is 413 g/mol. The smallest absolute Gasteiger partial charge is 0.256 e. The standard InChI is InChI=1S/C21H23N3O4S/c1-12(10-15-6-9-28-13(15)2)19(25)24-21-23-17-18(29-21)16(11-22-20(17)26-3)14-4-7-27-8-5-14/h10-11,14H,1-2,4-9H2,3H3,(H,23,24,25)/b15-10-. The van der Waals surface area contributed by atoms with Crippen LogP contribution in [0.3, 0.4) is 0 Å². The molecule has 7 nitrogen and oxygen atoms in total. The molecule has 0 aromatic carbocycles. The maximum absolute atomic E-state index is 12.6. The fourth-order valence-corrected chi connectivity index (χ4v) is 4.57. The summed E-state index contributed by atoms with van der Waals surface area (Å²) in [5.74, 6) is 1.10. The highest BCUT2D eigenvalue weighted by molar-refractivity contribution is 7.22. The van der Waals surface area contributed by atoms with Crippen LogP contribution in [0.1, 0.15) is 30.7 Å².